The van der Waals surface area contributed by atoms with Crippen LogP contribution in [0.2, 0.25) is 0 Å². The van der Waals surface area contributed by atoms with Gasteiger partial charge in [-0.3, -0.25) is 0 Å². The van der Waals surface area contributed by atoms with Crippen molar-refractivity contribution in [2.24, 2.45) is 0 Å². The SMILES string of the molecule is CC1CCCC(C)N1S(=O)(=O)c1ccc(F)c(N)c1. The minimum Gasteiger partial charge on any atom is -0.396 e. The van der Waals surface area contributed by atoms with Gasteiger partial charge >= 0.3 is 0 Å². The summed E-state index contributed by atoms with van der Waals surface area (Å²) < 4.78 is 39.9. The molecule has 1 aliphatic rings. The lowest BCUT2D eigenvalue weighted by Gasteiger charge is -2.37. The molecule has 1 saturated heterocycles. The van der Waals surface area contributed by atoms with Gasteiger partial charge in [-0.25, -0.2) is 12.8 Å². The quantitative estimate of drug-likeness (QED) is 0.849. The number of nitrogens with two attached hydrogens (primary N) is 1. The summed E-state index contributed by atoms with van der Waals surface area (Å²) in [5.74, 6) is -0.598. The Morgan fingerprint density at radius 1 is 1.26 bits per heavy atom. The van der Waals surface area contributed by atoms with Crippen LogP contribution < -0.4 is 5.73 Å². The molecule has 1 aliphatic heterocycles. The van der Waals surface area contributed by atoms with Crippen molar-refractivity contribution in [3.05, 3.63) is 24.0 Å². The molecule has 0 aromatic heterocycles. The minimum atomic E-state index is -3.61. The molecule has 2 rings (SSSR count). The summed E-state index contributed by atoms with van der Waals surface area (Å²) >= 11 is 0. The summed E-state index contributed by atoms with van der Waals surface area (Å²) in [6.07, 6.45) is 2.72. The van der Waals surface area contributed by atoms with Crippen LogP contribution in [0, 0.1) is 5.82 Å². The smallest absolute Gasteiger partial charge is 0.243 e. The molecule has 19 heavy (non-hydrogen) atoms. The maximum absolute atomic E-state index is 13.1. The zero-order chi connectivity index (χ0) is 14.2. The highest BCUT2D eigenvalue weighted by atomic mass is 32.2. The van der Waals surface area contributed by atoms with Gasteiger partial charge in [-0.1, -0.05) is 6.42 Å². The first-order valence-electron chi connectivity index (χ1n) is 6.42. The molecular weight excluding hydrogens is 267 g/mol. The van der Waals surface area contributed by atoms with Crippen LogP contribution in [-0.4, -0.2) is 24.8 Å². The van der Waals surface area contributed by atoms with E-state index in [4.69, 9.17) is 5.73 Å². The Morgan fingerprint density at radius 3 is 2.37 bits per heavy atom. The molecule has 1 aromatic rings. The average Bonchev–Trinajstić information content (AvgIpc) is 2.32. The normalized spacial score (nSPS) is 25.4. The Labute approximate surface area is 113 Å². The summed E-state index contributed by atoms with van der Waals surface area (Å²) in [6, 6.07) is 3.48. The van der Waals surface area contributed by atoms with Gasteiger partial charge in [0.15, 0.2) is 0 Å². The van der Waals surface area contributed by atoms with E-state index in [1.54, 1.807) is 0 Å². The largest absolute Gasteiger partial charge is 0.396 e. The lowest BCUT2D eigenvalue weighted by Crippen LogP contribution is -2.47. The molecule has 1 fully saturated rings. The second-order valence-corrected chi connectivity index (χ2v) is 6.99. The number of nitrogens with zero attached hydrogens (tertiary/aromatic N) is 1. The first-order chi connectivity index (χ1) is 8.84. The second-order valence-electron chi connectivity index (χ2n) is 5.15. The molecule has 0 bridgehead atoms. The number of anilines is 1. The first kappa shape index (κ1) is 14.3. The van der Waals surface area contributed by atoms with Gasteiger partial charge in [-0.15, -0.1) is 0 Å². The number of sulfonamides is 1. The number of rotatable bonds is 2. The fraction of sp³-hybridized carbons (Fsp3) is 0.538. The monoisotopic (exact) mass is 286 g/mol. The molecule has 0 aliphatic carbocycles. The lowest BCUT2D eigenvalue weighted by molar-refractivity contribution is 0.204. The van der Waals surface area contributed by atoms with Crippen molar-refractivity contribution >= 4 is 15.7 Å². The average molecular weight is 286 g/mol. The van der Waals surface area contributed by atoms with E-state index in [9.17, 15) is 12.8 Å². The van der Waals surface area contributed by atoms with Gasteiger partial charge < -0.3 is 5.73 Å². The molecule has 6 heteroatoms. The fourth-order valence-corrected chi connectivity index (χ4v) is 4.59. The van der Waals surface area contributed by atoms with Crippen LogP contribution in [-0.2, 0) is 10.0 Å². The van der Waals surface area contributed by atoms with Crippen molar-refractivity contribution < 1.29 is 12.8 Å². The molecule has 106 valence electrons. The zero-order valence-electron chi connectivity index (χ0n) is 11.1. The van der Waals surface area contributed by atoms with E-state index in [0.29, 0.717) is 0 Å². The van der Waals surface area contributed by atoms with Crippen LogP contribution >= 0.6 is 0 Å². The molecule has 2 unspecified atom stereocenters. The van der Waals surface area contributed by atoms with Gasteiger partial charge in [0, 0.05) is 12.1 Å². The Morgan fingerprint density at radius 2 is 1.84 bits per heavy atom. The summed E-state index contributed by atoms with van der Waals surface area (Å²) in [6.45, 7) is 3.81. The molecule has 4 nitrogen and oxygen atoms in total. The molecule has 0 saturated carbocycles. The van der Waals surface area contributed by atoms with E-state index >= 15 is 0 Å². The van der Waals surface area contributed by atoms with Crippen LogP contribution in [0.4, 0.5) is 10.1 Å². The van der Waals surface area contributed by atoms with Gasteiger partial charge in [-0.2, -0.15) is 4.31 Å². The molecule has 1 aromatic carbocycles. The van der Waals surface area contributed by atoms with Gasteiger partial charge in [-0.05, 0) is 44.9 Å². The van der Waals surface area contributed by atoms with E-state index in [1.165, 1.54) is 16.4 Å². The second kappa shape index (κ2) is 5.09. The van der Waals surface area contributed by atoms with E-state index in [0.717, 1.165) is 25.3 Å². The molecule has 2 atom stereocenters. The van der Waals surface area contributed by atoms with E-state index < -0.39 is 15.8 Å². The summed E-state index contributed by atoms with van der Waals surface area (Å²) in [5, 5.41) is 0. The number of benzene rings is 1. The molecular formula is C13H19FN2O2S. The Balaban J connectivity index is 2.43. The highest BCUT2D eigenvalue weighted by Crippen LogP contribution is 2.30. The molecule has 2 N–H and O–H groups in total. The van der Waals surface area contributed by atoms with Crippen molar-refractivity contribution in [2.45, 2.75) is 50.1 Å². The van der Waals surface area contributed by atoms with E-state index in [2.05, 4.69) is 0 Å². The Kier molecular flexibility index (Phi) is 3.82. The van der Waals surface area contributed by atoms with E-state index in [1.807, 2.05) is 13.8 Å². The van der Waals surface area contributed by atoms with Gasteiger partial charge in [0.25, 0.3) is 0 Å². The van der Waals surface area contributed by atoms with Gasteiger partial charge in [0.2, 0.25) is 10.0 Å². The number of piperidine rings is 1. The zero-order valence-corrected chi connectivity index (χ0v) is 12.0. The van der Waals surface area contributed by atoms with Crippen LogP contribution in [0.15, 0.2) is 23.1 Å². The Hall–Kier alpha value is -1.14. The summed E-state index contributed by atoms with van der Waals surface area (Å²) in [4.78, 5) is 0.0620. The lowest BCUT2D eigenvalue weighted by atomic mass is 10.0. The van der Waals surface area contributed by atoms with Crippen molar-refractivity contribution in [1.82, 2.24) is 4.31 Å². The predicted molar refractivity (Wildman–Crippen MR) is 72.6 cm³/mol. The third-order valence-corrected chi connectivity index (χ3v) is 5.78. The number of nitrogen functional groups attached to an aromatic ring is 1. The van der Waals surface area contributed by atoms with Crippen LogP contribution in [0.1, 0.15) is 33.1 Å². The highest BCUT2D eigenvalue weighted by Gasteiger charge is 2.35. The van der Waals surface area contributed by atoms with Crippen LogP contribution in [0.3, 0.4) is 0 Å². The van der Waals surface area contributed by atoms with Gasteiger partial charge in [0.1, 0.15) is 5.82 Å². The third-order valence-electron chi connectivity index (χ3n) is 3.66. The molecule has 0 radical (unpaired) electrons. The number of hydrogen-bond acceptors (Lipinski definition) is 3. The van der Waals surface area contributed by atoms with Crippen LogP contribution in [0.25, 0.3) is 0 Å². The third kappa shape index (κ3) is 2.60. The topological polar surface area (TPSA) is 63.4 Å². The molecule has 0 amide bonds. The Bertz CT molecular complexity index is 564. The number of hydrogen-bond donors (Lipinski definition) is 1. The van der Waals surface area contributed by atoms with Crippen LogP contribution in [0.5, 0.6) is 0 Å². The van der Waals surface area contributed by atoms with Crippen molar-refractivity contribution in [1.29, 1.82) is 0 Å². The standard InChI is InChI=1S/C13H19FN2O2S/c1-9-4-3-5-10(2)16(9)19(17,18)11-6-7-12(14)13(15)8-11/h6-10H,3-5,15H2,1-2H3. The maximum Gasteiger partial charge on any atom is 0.243 e. The predicted octanol–water partition coefficient (Wildman–Crippen LogP) is 2.36. The van der Waals surface area contributed by atoms with Crippen molar-refractivity contribution in [3.8, 4) is 0 Å². The van der Waals surface area contributed by atoms with Crippen molar-refractivity contribution in [2.75, 3.05) is 5.73 Å². The molecule has 1 heterocycles. The minimum absolute atomic E-state index is 0.0416. The van der Waals surface area contributed by atoms with E-state index in [-0.39, 0.29) is 22.7 Å². The summed E-state index contributed by atoms with van der Waals surface area (Å²) in [5.41, 5.74) is 5.32. The molecule has 0 spiro atoms. The number of halogens is 1. The first-order valence-corrected chi connectivity index (χ1v) is 7.86. The summed E-state index contributed by atoms with van der Waals surface area (Å²) in [7, 11) is -3.61. The fourth-order valence-electron chi connectivity index (χ4n) is 2.68. The maximum atomic E-state index is 13.1. The van der Waals surface area contributed by atoms with Gasteiger partial charge in [0.05, 0.1) is 10.6 Å². The van der Waals surface area contributed by atoms with Crippen molar-refractivity contribution in [3.63, 3.8) is 0 Å². The highest BCUT2D eigenvalue weighted by molar-refractivity contribution is 7.89.